The first-order valence-electron chi connectivity index (χ1n) is 5.71. The van der Waals surface area contributed by atoms with E-state index >= 15 is 0 Å². The van der Waals surface area contributed by atoms with Crippen molar-refractivity contribution in [2.24, 2.45) is 5.73 Å². The van der Waals surface area contributed by atoms with Gasteiger partial charge >= 0.3 is 0 Å². The topological polar surface area (TPSA) is 47.3 Å². The van der Waals surface area contributed by atoms with Crippen molar-refractivity contribution in [3.8, 4) is 5.75 Å². The summed E-state index contributed by atoms with van der Waals surface area (Å²) in [6.07, 6.45) is 0. The highest BCUT2D eigenvalue weighted by atomic mass is 79.9. The minimum absolute atomic E-state index is 0.315. The van der Waals surface area contributed by atoms with Gasteiger partial charge in [0.2, 0.25) is 0 Å². The zero-order valence-electron chi connectivity index (χ0n) is 10.6. The van der Waals surface area contributed by atoms with Gasteiger partial charge in [-0.2, -0.15) is 0 Å². The summed E-state index contributed by atoms with van der Waals surface area (Å²) in [6.45, 7) is 0. The molecule has 2 aromatic rings. The Kier molecular flexibility index (Phi) is 4.86. The van der Waals surface area contributed by atoms with E-state index in [4.69, 9.17) is 34.3 Å². The molecule has 104 valence electrons. The molecule has 0 amide bonds. The van der Waals surface area contributed by atoms with E-state index in [9.17, 15) is 0 Å². The third-order valence-electron chi connectivity index (χ3n) is 2.68. The second-order valence-corrected chi connectivity index (χ2v) is 5.82. The summed E-state index contributed by atoms with van der Waals surface area (Å²) >= 11 is 14.5. The molecular formula is C14H12BrClN2OS. The summed E-state index contributed by atoms with van der Waals surface area (Å²) in [5.74, 6) is 0.686. The van der Waals surface area contributed by atoms with Crippen molar-refractivity contribution < 1.29 is 4.74 Å². The highest BCUT2D eigenvalue weighted by molar-refractivity contribution is 9.10. The van der Waals surface area contributed by atoms with E-state index in [-0.39, 0.29) is 0 Å². The predicted molar refractivity (Wildman–Crippen MR) is 91.3 cm³/mol. The zero-order chi connectivity index (χ0) is 14.7. The standard InChI is InChI=1S/C14H12BrClN2OS/c1-19-13-5-3-9(16)7-12(13)18-11-4-2-8(15)6-10(11)14(17)20/h2-7,18H,1H3,(H2,17,20). The van der Waals surface area contributed by atoms with Crippen LogP contribution in [0.4, 0.5) is 11.4 Å². The summed E-state index contributed by atoms with van der Waals surface area (Å²) in [4.78, 5) is 0.315. The Bertz CT molecular complexity index is 664. The molecule has 0 saturated heterocycles. The molecule has 0 bridgehead atoms. The Morgan fingerprint density at radius 2 is 2.00 bits per heavy atom. The van der Waals surface area contributed by atoms with Crippen LogP contribution in [0.25, 0.3) is 0 Å². The molecule has 0 saturated carbocycles. The molecule has 0 atom stereocenters. The fourth-order valence-corrected chi connectivity index (χ4v) is 2.45. The van der Waals surface area contributed by atoms with Crippen LogP contribution in [0.2, 0.25) is 5.02 Å². The molecule has 0 heterocycles. The number of halogens is 2. The average molecular weight is 372 g/mol. The number of rotatable bonds is 4. The molecule has 2 aromatic carbocycles. The van der Waals surface area contributed by atoms with Crippen LogP contribution in [0.1, 0.15) is 5.56 Å². The van der Waals surface area contributed by atoms with Crippen LogP contribution in [0.15, 0.2) is 40.9 Å². The van der Waals surface area contributed by atoms with Gasteiger partial charge in [-0.15, -0.1) is 0 Å². The van der Waals surface area contributed by atoms with Crippen molar-refractivity contribution in [3.05, 3.63) is 51.5 Å². The highest BCUT2D eigenvalue weighted by Gasteiger charge is 2.09. The van der Waals surface area contributed by atoms with E-state index in [0.29, 0.717) is 15.8 Å². The Morgan fingerprint density at radius 1 is 1.25 bits per heavy atom. The molecule has 0 aliphatic heterocycles. The first-order chi connectivity index (χ1) is 9.51. The van der Waals surface area contributed by atoms with E-state index in [0.717, 1.165) is 21.4 Å². The van der Waals surface area contributed by atoms with E-state index in [1.165, 1.54) is 0 Å². The van der Waals surface area contributed by atoms with E-state index < -0.39 is 0 Å². The fraction of sp³-hybridized carbons (Fsp3) is 0.0714. The van der Waals surface area contributed by atoms with Crippen LogP contribution in [0.5, 0.6) is 5.75 Å². The van der Waals surface area contributed by atoms with Crippen molar-refractivity contribution in [1.29, 1.82) is 0 Å². The Hall–Kier alpha value is -1.30. The van der Waals surface area contributed by atoms with Gasteiger partial charge in [0.1, 0.15) is 10.7 Å². The van der Waals surface area contributed by atoms with Gasteiger partial charge in [0.15, 0.2) is 0 Å². The highest BCUT2D eigenvalue weighted by Crippen LogP contribution is 2.32. The molecule has 0 unspecified atom stereocenters. The molecular weight excluding hydrogens is 360 g/mol. The van der Waals surface area contributed by atoms with Gasteiger partial charge in [0.25, 0.3) is 0 Å². The molecule has 3 N–H and O–H groups in total. The van der Waals surface area contributed by atoms with Crippen molar-refractivity contribution in [3.63, 3.8) is 0 Å². The number of thiocarbonyl (C=S) groups is 1. The van der Waals surface area contributed by atoms with Gasteiger partial charge in [-0.1, -0.05) is 39.7 Å². The lowest BCUT2D eigenvalue weighted by atomic mass is 10.1. The number of nitrogens with two attached hydrogens (primary N) is 1. The number of hydrogen-bond donors (Lipinski definition) is 2. The molecule has 20 heavy (non-hydrogen) atoms. The lowest BCUT2D eigenvalue weighted by molar-refractivity contribution is 0.417. The van der Waals surface area contributed by atoms with Crippen LogP contribution < -0.4 is 15.8 Å². The number of anilines is 2. The fourth-order valence-electron chi connectivity index (χ4n) is 1.75. The molecule has 0 aromatic heterocycles. The summed E-state index contributed by atoms with van der Waals surface area (Å²) in [5, 5.41) is 3.86. The molecule has 0 spiro atoms. The maximum atomic E-state index is 6.01. The third kappa shape index (κ3) is 3.42. The van der Waals surface area contributed by atoms with Gasteiger partial charge in [-0.3, -0.25) is 0 Å². The van der Waals surface area contributed by atoms with E-state index in [2.05, 4.69) is 21.2 Å². The smallest absolute Gasteiger partial charge is 0.142 e. The molecule has 6 heteroatoms. The SMILES string of the molecule is COc1ccc(Cl)cc1Nc1ccc(Br)cc1C(N)=S. The average Bonchev–Trinajstić information content (AvgIpc) is 2.41. The van der Waals surface area contributed by atoms with E-state index in [1.54, 1.807) is 25.3 Å². The number of methoxy groups -OCH3 is 1. The number of benzene rings is 2. The number of hydrogen-bond acceptors (Lipinski definition) is 3. The Labute approximate surface area is 136 Å². The molecule has 0 fully saturated rings. The van der Waals surface area contributed by atoms with Crippen LogP contribution in [-0.2, 0) is 0 Å². The van der Waals surface area contributed by atoms with Crippen molar-refractivity contribution in [2.45, 2.75) is 0 Å². The summed E-state index contributed by atoms with van der Waals surface area (Å²) in [7, 11) is 1.60. The quantitative estimate of drug-likeness (QED) is 0.777. The number of nitrogens with one attached hydrogen (secondary N) is 1. The summed E-state index contributed by atoms with van der Waals surface area (Å²) in [5.41, 5.74) is 8.04. The molecule has 0 radical (unpaired) electrons. The van der Waals surface area contributed by atoms with Crippen LogP contribution in [0, 0.1) is 0 Å². The predicted octanol–water partition coefficient (Wildman–Crippen LogP) is 4.49. The third-order valence-corrected chi connectivity index (χ3v) is 3.63. The molecule has 3 nitrogen and oxygen atoms in total. The molecule has 2 rings (SSSR count). The van der Waals surface area contributed by atoms with Gasteiger partial charge in [0.05, 0.1) is 12.8 Å². The summed E-state index contributed by atoms with van der Waals surface area (Å²) < 4.78 is 6.21. The minimum atomic E-state index is 0.315. The normalized spacial score (nSPS) is 10.2. The van der Waals surface area contributed by atoms with Crippen molar-refractivity contribution in [2.75, 3.05) is 12.4 Å². The van der Waals surface area contributed by atoms with Gasteiger partial charge in [-0.25, -0.2) is 0 Å². The van der Waals surface area contributed by atoms with Crippen LogP contribution in [0.3, 0.4) is 0 Å². The first-order valence-corrected chi connectivity index (χ1v) is 7.29. The lowest BCUT2D eigenvalue weighted by Gasteiger charge is -2.14. The molecule has 0 aliphatic rings. The lowest BCUT2D eigenvalue weighted by Crippen LogP contribution is -2.12. The van der Waals surface area contributed by atoms with Crippen LogP contribution in [-0.4, -0.2) is 12.1 Å². The first kappa shape index (κ1) is 15.1. The second-order valence-electron chi connectivity index (χ2n) is 4.02. The Balaban J connectivity index is 2.44. The van der Waals surface area contributed by atoms with Gasteiger partial charge in [0, 0.05) is 20.7 Å². The van der Waals surface area contributed by atoms with Crippen molar-refractivity contribution in [1.82, 2.24) is 0 Å². The maximum Gasteiger partial charge on any atom is 0.142 e. The molecule has 0 aliphatic carbocycles. The maximum absolute atomic E-state index is 6.01. The monoisotopic (exact) mass is 370 g/mol. The van der Waals surface area contributed by atoms with Crippen LogP contribution >= 0.6 is 39.7 Å². The summed E-state index contributed by atoms with van der Waals surface area (Å²) in [6, 6.07) is 11.0. The second kappa shape index (κ2) is 6.43. The van der Waals surface area contributed by atoms with Crippen molar-refractivity contribution >= 4 is 56.1 Å². The number of ether oxygens (including phenoxy) is 1. The zero-order valence-corrected chi connectivity index (χ0v) is 13.8. The largest absolute Gasteiger partial charge is 0.495 e. The van der Waals surface area contributed by atoms with Gasteiger partial charge < -0.3 is 15.8 Å². The van der Waals surface area contributed by atoms with E-state index in [1.807, 2.05) is 18.2 Å². The van der Waals surface area contributed by atoms with Gasteiger partial charge in [-0.05, 0) is 36.4 Å². The minimum Gasteiger partial charge on any atom is -0.495 e. The Morgan fingerprint density at radius 3 is 2.65 bits per heavy atom.